The maximum absolute atomic E-state index is 12.2. The standard InChI is InChI=1S/C15H24N2O3/c1-6-17(15(3,4)5)14(19)16-11(2)20-13-9-7-12(18)8-10-13/h7-11,18H,6H2,1-5H3,(H,16,19). The Morgan fingerprint density at radius 1 is 1.35 bits per heavy atom. The summed E-state index contributed by atoms with van der Waals surface area (Å²) in [6.07, 6.45) is -0.455. The summed E-state index contributed by atoms with van der Waals surface area (Å²) in [6.45, 7) is 10.3. The number of carbonyl (C=O) groups is 1. The molecule has 0 radical (unpaired) electrons. The van der Waals surface area contributed by atoms with Crippen molar-refractivity contribution in [3.63, 3.8) is 0 Å². The first-order valence-corrected chi connectivity index (χ1v) is 6.78. The molecule has 1 atom stereocenters. The third kappa shape index (κ3) is 4.64. The summed E-state index contributed by atoms with van der Waals surface area (Å²) in [4.78, 5) is 13.9. The molecule has 5 heteroatoms. The minimum atomic E-state index is -0.455. The number of rotatable bonds is 4. The topological polar surface area (TPSA) is 61.8 Å². The van der Waals surface area contributed by atoms with E-state index >= 15 is 0 Å². The monoisotopic (exact) mass is 280 g/mol. The fourth-order valence-corrected chi connectivity index (χ4v) is 1.93. The van der Waals surface area contributed by atoms with Crippen LogP contribution in [0.15, 0.2) is 24.3 Å². The van der Waals surface area contributed by atoms with E-state index in [1.165, 1.54) is 12.1 Å². The molecule has 5 nitrogen and oxygen atoms in total. The van der Waals surface area contributed by atoms with Crippen molar-refractivity contribution in [2.75, 3.05) is 6.54 Å². The zero-order valence-corrected chi connectivity index (χ0v) is 12.8. The summed E-state index contributed by atoms with van der Waals surface area (Å²) >= 11 is 0. The molecule has 1 rings (SSSR count). The highest BCUT2D eigenvalue weighted by Gasteiger charge is 2.25. The van der Waals surface area contributed by atoms with Crippen molar-refractivity contribution in [2.24, 2.45) is 0 Å². The molecule has 1 aromatic carbocycles. The lowest BCUT2D eigenvalue weighted by Gasteiger charge is -2.35. The molecule has 2 N–H and O–H groups in total. The molecule has 0 fully saturated rings. The number of benzene rings is 1. The van der Waals surface area contributed by atoms with E-state index < -0.39 is 6.23 Å². The van der Waals surface area contributed by atoms with Gasteiger partial charge >= 0.3 is 6.03 Å². The van der Waals surface area contributed by atoms with E-state index in [1.807, 2.05) is 27.7 Å². The van der Waals surface area contributed by atoms with Crippen LogP contribution in [0.3, 0.4) is 0 Å². The normalized spacial score (nSPS) is 12.7. The molecular weight excluding hydrogens is 256 g/mol. The molecule has 1 unspecified atom stereocenters. The molecule has 20 heavy (non-hydrogen) atoms. The Morgan fingerprint density at radius 3 is 2.35 bits per heavy atom. The second-order valence-electron chi connectivity index (χ2n) is 5.62. The third-order valence-electron chi connectivity index (χ3n) is 2.85. The van der Waals surface area contributed by atoms with Crippen LogP contribution in [0.1, 0.15) is 34.6 Å². The zero-order valence-electron chi connectivity index (χ0n) is 12.8. The number of nitrogens with zero attached hydrogens (tertiary/aromatic N) is 1. The third-order valence-corrected chi connectivity index (χ3v) is 2.85. The van der Waals surface area contributed by atoms with Crippen molar-refractivity contribution < 1.29 is 14.6 Å². The van der Waals surface area contributed by atoms with Crippen molar-refractivity contribution in [3.8, 4) is 11.5 Å². The lowest BCUT2D eigenvalue weighted by atomic mass is 10.1. The number of carbonyl (C=O) groups excluding carboxylic acids is 1. The maximum atomic E-state index is 12.2. The molecule has 0 bridgehead atoms. The van der Waals surface area contributed by atoms with E-state index in [0.717, 1.165) is 0 Å². The summed E-state index contributed by atoms with van der Waals surface area (Å²) in [5.41, 5.74) is -0.239. The number of hydrogen-bond acceptors (Lipinski definition) is 3. The van der Waals surface area contributed by atoms with E-state index in [2.05, 4.69) is 5.32 Å². The minimum Gasteiger partial charge on any atom is -0.508 e. The summed E-state index contributed by atoms with van der Waals surface area (Å²) in [6, 6.07) is 6.22. The van der Waals surface area contributed by atoms with Crippen LogP contribution in [0.2, 0.25) is 0 Å². The number of amides is 2. The Kier molecular flexibility index (Phi) is 5.25. The van der Waals surface area contributed by atoms with Gasteiger partial charge in [-0.3, -0.25) is 0 Å². The smallest absolute Gasteiger partial charge is 0.320 e. The Labute approximate surface area is 120 Å². The molecule has 1 aromatic rings. The molecular formula is C15H24N2O3. The van der Waals surface area contributed by atoms with Crippen LogP contribution >= 0.6 is 0 Å². The fraction of sp³-hybridized carbons (Fsp3) is 0.533. The summed E-state index contributed by atoms with van der Waals surface area (Å²) in [7, 11) is 0. The van der Waals surface area contributed by atoms with Crippen LogP contribution in [-0.4, -0.2) is 34.3 Å². The first kappa shape index (κ1) is 16.1. The van der Waals surface area contributed by atoms with Crippen LogP contribution in [-0.2, 0) is 0 Å². The van der Waals surface area contributed by atoms with Crippen LogP contribution in [0.4, 0.5) is 4.79 Å². The zero-order chi connectivity index (χ0) is 15.3. The number of ether oxygens (including phenoxy) is 1. The molecule has 0 aliphatic rings. The number of phenolic OH excluding ortho intramolecular Hbond substituents is 1. The van der Waals surface area contributed by atoms with E-state index in [9.17, 15) is 9.90 Å². The molecule has 112 valence electrons. The van der Waals surface area contributed by atoms with Gasteiger partial charge in [0.05, 0.1) is 0 Å². The SMILES string of the molecule is CCN(C(=O)NC(C)Oc1ccc(O)cc1)C(C)(C)C. The van der Waals surface area contributed by atoms with Gasteiger partial charge in [-0.05, 0) is 58.9 Å². The van der Waals surface area contributed by atoms with Gasteiger partial charge in [-0.2, -0.15) is 0 Å². The summed E-state index contributed by atoms with van der Waals surface area (Å²) < 4.78 is 5.58. The summed E-state index contributed by atoms with van der Waals surface area (Å²) in [5.74, 6) is 0.772. The van der Waals surface area contributed by atoms with Gasteiger partial charge < -0.3 is 20.1 Å². The Morgan fingerprint density at radius 2 is 1.90 bits per heavy atom. The molecule has 0 saturated heterocycles. The molecule has 0 heterocycles. The quantitative estimate of drug-likeness (QED) is 0.834. The van der Waals surface area contributed by atoms with Crippen LogP contribution in [0, 0.1) is 0 Å². The Hall–Kier alpha value is -1.91. The van der Waals surface area contributed by atoms with Crippen molar-refractivity contribution in [3.05, 3.63) is 24.3 Å². The molecule has 0 aromatic heterocycles. The Bertz CT molecular complexity index is 437. The maximum Gasteiger partial charge on any atom is 0.320 e. The van der Waals surface area contributed by atoms with Gasteiger partial charge in [0.25, 0.3) is 0 Å². The van der Waals surface area contributed by atoms with E-state index in [-0.39, 0.29) is 17.3 Å². The fourth-order valence-electron chi connectivity index (χ4n) is 1.93. The Balaban J connectivity index is 2.59. The van der Waals surface area contributed by atoms with Gasteiger partial charge in [0.2, 0.25) is 0 Å². The van der Waals surface area contributed by atoms with Gasteiger partial charge in [-0.1, -0.05) is 0 Å². The van der Waals surface area contributed by atoms with Gasteiger partial charge in [0.1, 0.15) is 11.5 Å². The van der Waals surface area contributed by atoms with Gasteiger partial charge in [-0.25, -0.2) is 4.79 Å². The second kappa shape index (κ2) is 6.50. The first-order valence-electron chi connectivity index (χ1n) is 6.78. The van der Waals surface area contributed by atoms with Crippen LogP contribution < -0.4 is 10.1 Å². The number of phenols is 1. The van der Waals surface area contributed by atoms with Crippen LogP contribution in [0.5, 0.6) is 11.5 Å². The van der Waals surface area contributed by atoms with Crippen molar-refractivity contribution in [1.82, 2.24) is 10.2 Å². The first-order chi connectivity index (χ1) is 9.24. The van der Waals surface area contributed by atoms with Gasteiger partial charge in [0, 0.05) is 12.1 Å². The lowest BCUT2D eigenvalue weighted by Crippen LogP contribution is -2.53. The van der Waals surface area contributed by atoms with Gasteiger partial charge in [-0.15, -0.1) is 0 Å². The van der Waals surface area contributed by atoms with Crippen molar-refractivity contribution in [1.29, 1.82) is 0 Å². The second-order valence-corrected chi connectivity index (χ2v) is 5.62. The predicted octanol–water partition coefficient (Wildman–Crippen LogP) is 2.95. The van der Waals surface area contributed by atoms with Crippen LogP contribution in [0.25, 0.3) is 0 Å². The lowest BCUT2D eigenvalue weighted by molar-refractivity contribution is 0.123. The number of urea groups is 1. The molecule has 0 aliphatic heterocycles. The van der Waals surface area contributed by atoms with E-state index in [1.54, 1.807) is 24.0 Å². The molecule has 0 saturated carbocycles. The molecule has 2 amide bonds. The highest BCUT2D eigenvalue weighted by atomic mass is 16.5. The van der Waals surface area contributed by atoms with Crippen molar-refractivity contribution in [2.45, 2.75) is 46.4 Å². The average Bonchev–Trinajstić information content (AvgIpc) is 2.30. The number of hydrogen-bond donors (Lipinski definition) is 2. The van der Waals surface area contributed by atoms with Gasteiger partial charge in [0.15, 0.2) is 6.23 Å². The van der Waals surface area contributed by atoms with E-state index in [4.69, 9.17) is 4.74 Å². The number of aromatic hydroxyl groups is 1. The molecule has 0 aliphatic carbocycles. The summed E-state index contributed by atoms with van der Waals surface area (Å²) in [5, 5.41) is 12.0. The van der Waals surface area contributed by atoms with E-state index in [0.29, 0.717) is 12.3 Å². The number of nitrogens with one attached hydrogen (secondary N) is 1. The minimum absolute atomic E-state index is 0.161. The highest BCUT2D eigenvalue weighted by Crippen LogP contribution is 2.17. The highest BCUT2D eigenvalue weighted by molar-refractivity contribution is 5.75. The largest absolute Gasteiger partial charge is 0.508 e. The molecule has 0 spiro atoms. The van der Waals surface area contributed by atoms with Crippen molar-refractivity contribution >= 4 is 6.03 Å². The predicted molar refractivity (Wildman–Crippen MR) is 78.9 cm³/mol. The average molecular weight is 280 g/mol.